The minimum atomic E-state index is -0.479. The Morgan fingerprint density at radius 3 is 3.08 bits per heavy atom. The van der Waals surface area contributed by atoms with Gasteiger partial charge in [-0.05, 0) is 25.2 Å². The van der Waals surface area contributed by atoms with E-state index < -0.39 is 5.66 Å². The van der Waals surface area contributed by atoms with Crippen LogP contribution < -0.4 is 11.2 Å². The Morgan fingerprint density at radius 1 is 1.69 bits per heavy atom. The summed E-state index contributed by atoms with van der Waals surface area (Å²) >= 11 is 1.81. The monoisotopic (exact) mass is 199 g/mol. The van der Waals surface area contributed by atoms with Crippen LogP contribution in [0.1, 0.15) is 26.7 Å². The van der Waals surface area contributed by atoms with Crippen LogP contribution in [0.4, 0.5) is 0 Å². The summed E-state index contributed by atoms with van der Waals surface area (Å²) in [5, 5.41) is 3.92. The van der Waals surface area contributed by atoms with Gasteiger partial charge in [-0.25, -0.2) is 0 Å². The maximum atomic E-state index is 5.99. The zero-order valence-corrected chi connectivity index (χ0v) is 9.03. The van der Waals surface area contributed by atoms with E-state index in [9.17, 15) is 0 Å². The molecule has 0 saturated carbocycles. The molecule has 1 aliphatic heterocycles. The molecular weight excluding hydrogens is 182 g/mol. The number of nitrogens with zero attached hydrogens (tertiary/aromatic N) is 1. The molecular formula is C9H17N3S. The molecule has 1 rings (SSSR count). The largest absolute Gasteiger partial charge is 0.304 e. The van der Waals surface area contributed by atoms with Gasteiger partial charge in [-0.1, -0.05) is 13.3 Å². The van der Waals surface area contributed by atoms with E-state index in [-0.39, 0.29) is 0 Å². The second-order valence-corrected chi connectivity index (χ2v) is 4.46. The highest BCUT2D eigenvalue weighted by atomic mass is 32.2. The first kappa shape index (κ1) is 10.6. The molecule has 1 unspecified atom stereocenters. The summed E-state index contributed by atoms with van der Waals surface area (Å²) < 4.78 is 0. The Kier molecular flexibility index (Phi) is 3.81. The molecule has 3 nitrogen and oxygen atoms in total. The first-order valence-corrected chi connectivity index (χ1v) is 5.58. The Hall–Kier alpha value is -0.480. The topological polar surface area (TPSA) is 50.4 Å². The Labute approximate surface area is 83.8 Å². The number of nitrogens with one attached hydrogen (secondary N) is 1. The third-order valence-corrected chi connectivity index (χ3v) is 3.23. The number of allylic oxidation sites excluding steroid dienone is 1. The van der Waals surface area contributed by atoms with Gasteiger partial charge < -0.3 is 5.73 Å². The highest BCUT2D eigenvalue weighted by Gasteiger charge is 2.24. The van der Waals surface area contributed by atoms with Crippen molar-refractivity contribution in [3.8, 4) is 0 Å². The lowest BCUT2D eigenvalue weighted by Gasteiger charge is -2.28. The maximum absolute atomic E-state index is 5.99. The predicted molar refractivity (Wildman–Crippen MR) is 59.7 cm³/mol. The lowest BCUT2D eigenvalue weighted by molar-refractivity contribution is 0.459. The Morgan fingerprint density at radius 2 is 2.46 bits per heavy atom. The van der Waals surface area contributed by atoms with E-state index in [1.807, 2.05) is 24.8 Å². The van der Waals surface area contributed by atoms with Gasteiger partial charge in [0.15, 0.2) is 0 Å². The first-order valence-electron chi connectivity index (χ1n) is 4.59. The molecule has 3 N–H and O–H groups in total. The third kappa shape index (κ3) is 3.04. The molecule has 0 saturated heterocycles. The predicted octanol–water partition coefficient (Wildman–Crippen LogP) is 1.67. The van der Waals surface area contributed by atoms with E-state index >= 15 is 0 Å². The van der Waals surface area contributed by atoms with Crippen molar-refractivity contribution in [1.82, 2.24) is 5.43 Å². The number of hydrogen-bond acceptors (Lipinski definition) is 4. The van der Waals surface area contributed by atoms with Gasteiger partial charge in [-0.2, -0.15) is 5.10 Å². The molecule has 1 heterocycles. The van der Waals surface area contributed by atoms with Crippen LogP contribution in [0.25, 0.3) is 0 Å². The number of hydrogen-bond donors (Lipinski definition) is 2. The summed E-state index contributed by atoms with van der Waals surface area (Å²) in [6, 6.07) is 0. The standard InChI is InChI=1S/C9H17N3S/c1-3-4-7-13-8-5-6-11-12-9(8,2)10/h5-6,12H,3-4,7,10H2,1-2H3. The fourth-order valence-corrected chi connectivity index (χ4v) is 2.18. The summed E-state index contributed by atoms with van der Waals surface area (Å²) in [5.41, 5.74) is 8.40. The number of hydrazone groups is 1. The van der Waals surface area contributed by atoms with Gasteiger partial charge in [0, 0.05) is 11.1 Å². The van der Waals surface area contributed by atoms with Crippen LogP contribution in [0.3, 0.4) is 0 Å². The van der Waals surface area contributed by atoms with Crippen LogP contribution in [0, 0.1) is 0 Å². The molecule has 0 aromatic rings. The number of thioether (sulfide) groups is 1. The Bertz CT molecular complexity index is 221. The number of unbranched alkanes of at least 4 members (excludes halogenated alkanes) is 1. The van der Waals surface area contributed by atoms with Crippen molar-refractivity contribution in [1.29, 1.82) is 0 Å². The van der Waals surface area contributed by atoms with Gasteiger partial charge in [0.05, 0.1) is 0 Å². The third-order valence-electron chi connectivity index (χ3n) is 1.86. The maximum Gasteiger partial charge on any atom is 0.131 e. The highest BCUT2D eigenvalue weighted by molar-refractivity contribution is 8.03. The van der Waals surface area contributed by atoms with E-state index in [1.165, 1.54) is 12.8 Å². The van der Waals surface area contributed by atoms with Gasteiger partial charge in [0.25, 0.3) is 0 Å². The van der Waals surface area contributed by atoms with Crippen molar-refractivity contribution in [2.75, 3.05) is 5.75 Å². The molecule has 0 spiro atoms. The summed E-state index contributed by atoms with van der Waals surface area (Å²) in [5.74, 6) is 1.13. The van der Waals surface area contributed by atoms with Gasteiger partial charge >= 0.3 is 0 Å². The summed E-state index contributed by atoms with van der Waals surface area (Å²) in [6.45, 7) is 4.13. The smallest absolute Gasteiger partial charge is 0.131 e. The van der Waals surface area contributed by atoms with Gasteiger partial charge in [0.2, 0.25) is 0 Å². The zero-order valence-electron chi connectivity index (χ0n) is 8.21. The van der Waals surface area contributed by atoms with E-state index in [0.29, 0.717) is 0 Å². The van der Waals surface area contributed by atoms with Crippen molar-refractivity contribution in [2.45, 2.75) is 32.4 Å². The Balaban J connectivity index is 2.46. The summed E-state index contributed by atoms with van der Waals surface area (Å²) in [6.07, 6.45) is 6.19. The minimum Gasteiger partial charge on any atom is -0.304 e. The van der Waals surface area contributed by atoms with E-state index in [2.05, 4.69) is 17.5 Å². The second-order valence-electron chi connectivity index (χ2n) is 3.33. The fraction of sp³-hybridized carbons (Fsp3) is 0.667. The van der Waals surface area contributed by atoms with Gasteiger partial charge in [-0.3, -0.25) is 5.43 Å². The molecule has 0 amide bonds. The number of nitrogens with two attached hydrogens (primary N) is 1. The molecule has 0 bridgehead atoms. The fourth-order valence-electron chi connectivity index (χ4n) is 1.03. The molecule has 1 aliphatic rings. The SMILES string of the molecule is CCCCSC1=CC=NNC1(C)N. The highest BCUT2D eigenvalue weighted by Crippen LogP contribution is 2.26. The minimum absolute atomic E-state index is 0.479. The average molecular weight is 199 g/mol. The molecule has 1 atom stereocenters. The van der Waals surface area contributed by atoms with Crippen LogP contribution in [0.2, 0.25) is 0 Å². The van der Waals surface area contributed by atoms with Crippen molar-refractivity contribution in [3.05, 3.63) is 11.0 Å². The molecule has 4 heteroatoms. The van der Waals surface area contributed by atoms with Crippen LogP contribution in [-0.2, 0) is 0 Å². The summed E-state index contributed by atoms with van der Waals surface area (Å²) in [4.78, 5) is 1.16. The molecule has 13 heavy (non-hydrogen) atoms. The molecule has 0 aromatic heterocycles. The summed E-state index contributed by atoms with van der Waals surface area (Å²) in [7, 11) is 0. The van der Waals surface area contributed by atoms with Crippen molar-refractivity contribution in [2.24, 2.45) is 10.8 Å². The molecule has 0 aromatic carbocycles. The quantitative estimate of drug-likeness (QED) is 0.677. The molecule has 0 radical (unpaired) electrons. The lowest BCUT2D eigenvalue weighted by atomic mass is 10.2. The van der Waals surface area contributed by atoms with E-state index in [1.54, 1.807) is 6.21 Å². The van der Waals surface area contributed by atoms with Gasteiger partial charge in [-0.15, -0.1) is 11.8 Å². The van der Waals surface area contributed by atoms with Crippen LogP contribution in [-0.4, -0.2) is 17.6 Å². The van der Waals surface area contributed by atoms with Crippen molar-refractivity contribution >= 4 is 18.0 Å². The van der Waals surface area contributed by atoms with E-state index in [4.69, 9.17) is 5.73 Å². The normalized spacial score (nSPS) is 26.8. The van der Waals surface area contributed by atoms with E-state index in [0.717, 1.165) is 10.7 Å². The van der Waals surface area contributed by atoms with Crippen molar-refractivity contribution in [3.63, 3.8) is 0 Å². The lowest BCUT2D eigenvalue weighted by Crippen LogP contribution is -2.50. The number of rotatable bonds is 4. The van der Waals surface area contributed by atoms with Crippen LogP contribution in [0.15, 0.2) is 16.1 Å². The first-order chi connectivity index (χ1) is 6.17. The van der Waals surface area contributed by atoms with Crippen LogP contribution in [0.5, 0.6) is 0 Å². The molecule has 0 fully saturated rings. The van der Waals surface area contributed by atoms with Crippen LogP contribution >= 0.6 is 11.8 Å². The average Bonchev–Trinajstić information content (AvgIpc) is 2.08. The second kappa shape index (κ2) is 4.67. The molecule has 0 aliphatic carbocycles. The zero-order chi connectivity index (χ0) is 9.73. The van der Waals surface area contributed by atoms with Crippen molar-refractivity contribution < 1.29 is 0 Å². The van der Waals surface area contributed by atoms with Gasteiger partial charge in [0.1, 0.15) is 5.66 Å². The molecule has 74 valence electrons.